The van der Waals surface area contributed by atoms with Gasteiger partial charge in [0.15, 0.2) is 0 Å². The van der Waals surface area contributed by atoms with Crippen molar-refractivity contribution in [3.05, 3.63) is 64.7 Å². The van der Waals surface area contributed by atoms with Crippen LogP contribution in [-0.2, 0) is 12.8 Å². The molecule has 1 aliphatic rings. The minimum absolute atomic E-state index is 0.244. The molecular weight excluding hydrogens is 258 g/mol. The minimum atomic E-state index is 0.244. The summed E-state index contributed by atoms with van der Waals surface area (Å²) in [7, 11) is 2.03. The smallest absolute Gasteiger partial charge is 0.122 e. The molecule has 0 amide bonds. The largest absolute Gasteiger partial charge is 0.493 e. The lowest BCUT2D eigenvalue weighted by Gasteiger charge is -2.23. The summed E-state index contributed by atoms with van der Waals surface area (Å²) in [5, 5.41) is 3.48. The van der Waals surface area contributed by atoms with Gasteiger partial charge in [0, 0.05) is 0 Å². The van der Waals surface area contributed by atoms with Gasteiger partial charge in [-0.3, -0.25) is 0 Å². The molecule has 2 aromatic rings. The number of ether oxygens (including phenoxy) is 1. The highest BCUT2D eigenvalue weighted by molar-refractivity contribution is 5.44. The van der Waals surface area contributed by atoms with E-state index in [0.717, 1.165) is 31.6 Å². The summed E-state index contributed by atoms with van der Waals surface area (Å²) in [6.45, 7) is 3.06. The van der Waals surface area contributed by atoms with Crippen LogP contribution in [-0.4, -0.2) is 13.7 Å². The van der Waals surface area contributed by atoms with Gasteiger partial charge in [-0.1, -0.05) is 43.3 Å². The third kappa shape index (κ3) is 2.81. The quantitative estimate of drug-likeness (QED) is 0.918. The molecule has 21 heavy (non-hydrogen) atoms. The molecule has 1 unspecified atom stereocenters. The monoisotopic (exact) mass is 281 g/mol. The molecule has 1 atom stereocenters. The molecule has 0 saturated heterocycles. The molecule has 0 bridgehead atoms. The zero-order chi connectivity index (χ0) is 14.7. The molecule has 0 fully saturated rings. The lowest BCUT2D eigenvalue weighted by Crippen LogP contribution is -2.20. The molecule has 0 radical (unpaired) electrons. The van der Waals surface area contributed by atoms with Gasteiger partial charge in [0.1, 0.15) is 5.75 Å². The Morgan fingerprint density at radius 1 is 1.19 bits per heavy atom. The number of rotatable bonds is 4. The Balaban J connectivity index is 2.00. The fourth-order valence-corrected chi connectivity index (χ4v) is 3.20. The summed E-state index contributed by atoms with van der Waals surface area (Å²) >= 11 is 0. The Morgan fingerprint density at radius 2 is 2.05 bits per heavy atom. The number of aryl methyl sites for hydroxylation is 2. The van der Waals surface area contributed by atoms with Gasteiger partial charge in [-0.25, -0.2) is 0 Å². The number of fused-ring (bicyclic) bond motifs is 1. The van der Waals surface area contributed by atoms with E-state index >= 15 is 0 Å². The summed E-state index contributed by atoms with van der Waals surface area (Å²) in [6.07, 6.45) is 3.30. The van der Waals surface area contributed by atoms with Crippen molar-refractivity contribution in [2.75, 3.05) is 13.7 Å². The van der Waals surface area contributed by atoms with Gasteiger partial charge in [-0.15, -0.1) is 0 Å². The highest BCUT2D eigenvalue weighted by Crippen LogP contribution is 2.31. The SMILES string of the molecule is CCc1ccccc1C(NC)c1ccc2c(c1)CCCO2. The second-order valence-corrected chi connectivity index (χ2v) is 5.59. The van der Waals surface area contributed by atoms with Crippen LogP contribution in [0.1, 0.15) is 41.6 Å². The first-order valence-electron chi connectivity index (χ1n) is 7.84. The first-order valence-corrected chi connectivity index (χ1v) is 7.84. The summed E-state index contributed by atoms with van der Waals surface area (Å²) in [5.74, 6) is 1.06. The molecule has 2 aromatic carbocycles. The van der Waals surface area contributed by atoms with E-state index in [2.05, 4.69) is 54.7 Å². The molecule has 1 heterocycles. The van der Waals surface area contributed by atoms with E-state index in [1.807, 2.05) is 7.05 Å². The molecule has 0 saturated carbocycles. The van der Waals surface area contributed by atoms with E-state index < -0.39 is 0 Å². The lowest BCUT2D eigenvalue weighted by atomic mass is 9.91. The Morgan fingerprint density at radius 3 is 2.86 bits per heavy atom. The Bertz CT molecular complexity index is 621. The average Bonchev–Trinajstić information content (AvgIpc) is 2.56. The van der Waals surface area contributed by atoms with Gasteiger partial charge < -0.3 is 10.1 Å². The van der Waals surface area contributed by atoms with Gasteiger partial charge >= 0.3 is 0 Å². The van der Waals surface area contributed by atoms with Gasteiger partial charge in [0.2, 0.25) is 0 Å². The normalized spacial score (nSPS) is 15.1. The van der Waals surface area contributed by atoms with Crippen LogP contribution in [0.25, 0.3) is 0 Å². The van der Waals surface area contributed by atoms with E-state index in [4.69, 9.17) is 4.74 Å². The number of nitrogens with one attached hydrogen (secondary N) is 1. The van der Waals surface area contributed by atoms with Crippen LogP contribution in [0, 0.1) is 0 Å². The summed E-state index contributed by atoms with van der Waals surface area (Å²) in [4.78, 5) is 0. The van der Waals surface area contributed by atoms with Gasteiger partial charge in [-0.05, 0) is 54.6 Å². The minimum Gasteiger partial charge on any atom is -0.493 e. The van der Waals surface area contributed by atoms with Crippen molar-refractivity contribution in [2.24, 2.45) is 0 Å². The van der Waals surface area contributed by atoms with Gasteiger partial charge in [0.05, 0.1) is 12.6 Å². The highest BCUT2D eigenvalue weighted by Gasteiger charge is 2.18. The predicted molar refractivity (Wildman–Crippen MR) is 87.0 cm³/mol. The maximum Gasteiger partial charge on any atom is 0.122 e. The van der Waals surface area contributed by atoms with E-state index in [0.29, 0.717) is 0 Å². The van der Waals surface area contributed by atoms with Crippen molar-refractivity contribution >= 4 is 0 Å². The lowest BCUT2D eigenvalue weighted by molar-refractivity contribution is 0.288. The zero-order valence-electron chi connectivity index (χ0n) is 12.9. The van der Waals surface area contributed by atoms with Crippen LogP contribution < -0.4 is 10.1 Å². The van der Waals surface area contributed by atoms with Crippen molar-refractivity contribution in [1.29, 1.82) is 0 Å². The highest BCUT2D eigenvalue weighted by atomic mass is 16.5. The van der Waals surface area contributed by atoms with E-state index in [1.54, 1.807) is 0 Å². The topological polar surface area (TPSA) is 21.3 Å². The Labute approximate surface area is 127 Å². The average molecular weight is 281 g/mol. The van der Waals surface area contributed by atoms with Crippen molar-refractivity contribution in [3.63, 3.8) is 0 Å². The molecule has 110 valence electrons. The maximum absolute atomic E-state index is 5.72. The van der Waals surface area contributed by atoms with Crippen LogP contribution in [0.3, 0.4) is 0 Å². The second kappa shape index (κ2) is 6.31. The third-order valence-corrected chi connectivity index (χ3v) is 4.30. The van der Waals surface area contributed by atoms with Gasteiger partial charge in [-0.2, -0.15) is 0 Å². The summed E-state index contributed by atoms with van der Waals surface area (Å²) < 4.78 is 5.72. The third-order valence-electron chi connectivity index (χ3n) is 4.30. The van der Waals surface area contributed by atoms with E-state index in [9.17, 15) is 0 Å². The van der Waals surface area contributed by atoms with Crippen molar-refractivity contribution in [3.8, 4) is 5.75 Å². The van der Waals surface area contributed by atoms with Crippen LogP contribution >= 0.6 is 0 Å². The standard InChI is InChI=1S/C19H23NO/c1-3-14-7-4-5-9-17(14)19(20-2)16-10-11-18-15(13-16)8-6-12-21-18/h4-5,7,9-11,13,19-20H,3,6,8,12H2,1-2H3. The van der Waals surface area contributed by atoms with E-state index in [-0.39, 0.29) is 6.04 Å². The number of hydrogen-bond acceptors (Lipinski definition) is 2. The fourth-order valence-electron chi connectivity index (χ4n) is 3.20. The fraction of sp³-hybridized carbons (Fsp3) is 0.368. The van der Waals surface area contributed by atoms with Crippen LogP contribution in [0.5, 0.6) is 5.75 Å². The van der Waals surface area contributed by atoms with Gasteiger partial charge in [0.25, 0.3) is 0 Å². The van der Waals surface area contributed by atoms with E-state index in [1.165, 1.54) is 22.3 Å². The van der Waals surface area contributed by atoms with Crippen molar-refractivity contribution in [2.45, 2.75) is 32.2 Å². The second-order valence-electron chi connectivity index (χ2n) is 5.59. The van der Waals surface area contributed by atoms with Crippen molar-refractivity contribution < 1.29 is 4.74 Å². The molecular formula is C19H23NO. The summed E-state index contributed by atoms with van der Waals surface area (Å²) in [6, 6.07) is 15.6. The summed E-state index contributed by atoms with van der Waals surface area (Å²) in [5.41, 5.74) is 5.45. The molecule has 1 N–H and O–H groups in total. The number of hydrogen-bond donors (Lipinski definition) is 1. The predicted octanol–water partition coefficient (Wildman–Crippen LogP) is 3.88. The molecule has 2 nitrogen and oxygen atoms in total. The molecule has 0 aromatic heterocycles. The Hall–Kier alpha value is -1.80. The molecule has 0 spiro atoms. The molecule has 0 aliphatic carbocycles. The van der Waals surface area contributed by atoms with Crippen molar-refractivity contribution in [1.82, 2.24) is 5.32 Å². The maximum atomic E-state index is 5.72. The van der Waals surface area contributed by atoms with Crippen LogP contribution in [0.4, 0.5) is 0 Å². The first kappa shape index (κ1) is 14.2. The first-order chi connectivity index (χ1) is 10.3. The molecule has 2 heteroatoms. The molecule has 1 aliphatic heterocycles. The number of benzene rings is 2. The Kier molecular flexibility index (Phi) is 4.26. The molecule has 3 rings (SSSR count). The van der Waals surface area contributed by atoms with Crippen LogP contribution in [0.15, 0.2) is 42.5 Å². The zero-order valence-corrected chi connectivity index (χ0v) is 12.9. The van der Waals surface area contributed by atoms with Crippen LogP contribution in [0.2, 0.25) is 0 Å².